The van der Waals surface area contributed by atoms with Crippen molar-refractivity contribution < 1.29 is 35.2 Å². The Morgan fingerprint density at radius 1 is 0.909 bits per heavy atom. The van der Waals surface area contributed by atoms with E-state index in [4.69, 9.17) is 9.47 Å². The van der Waals surface area contributed by atoms with E-state index in [9.17, 15) is 21.6 Å². The minimum Gasteiger partial charge on any atom is -0.353 e. The minimum absolute atomic E-state index is 0.156. The van der Waals surface area contributed by atoms with E-state index >= 15 is 0 Å². The Morgan fingerprint density at radius 3 is 1.95 bits per heavy atom. The predicted molar refractivity (Wildman–Crippen MR) is 75.7 cm³/mol. The summed E-state index contributed by atoms with van der Waals surface area (Å²) in [5, 5.41) is 0. The molecule has 1 atom stereocenters. The number of alkyl halides is 3. The second-order valence-electron chi connectivity index (χ2n) is 4.74. The molecular weight excluding hydrogens is 325 g/mol. The molecule has 0 aliphatic rings. The van der Waals surface area contributed by atoms with E-state index in [1.54, 1.807) is 0 Å². The molecule has 5 nitrogen and oxygen atoms in total. The largest absolute Gasteiger partial charge is 0.523 e. The highest BCUT2D eigenvalue weighted by Crippen LogP contribution is 2.24. The SMILES string of the molecule is CCCCOC(CCC)OCCCCOS(=O)(=O)C(F)(F)F. The topological polar surface area (TPSA) is 61.8 Å². The van der Waals surface area contributed by atoms with Crippen molar-refractivity contribution in [2.75, 3.05) is 19.8 Å². The normalized spacial score (nSPS) is 14.2. The molecule has 0 heterocycles. The van der Waals surface area contributed by atoms with Gasteiger partial charge in [-0.3, -0.25) is 4.18 Å². The zero-order valence-corrected chi connectivity index (χ0v) is 13.8. The Morgan fingerprint density at radius 2 is 1.45 bits per heavy atom. The Hall–Kier alpha value is -0.380. The van der Waals surface area contributed by atoms with Gasteiger partial charge in [-0.05, 0) is 25.7 Å². The molecule has 0 saturated carbocycles. The van der Waals surface area contributed by atoms with Crippen LogP contribution in [0.3, 0.4) is 0 Å². The quantitative estimate of drug-likeness (QED) is 0.220. The molecule has 0 saturated heterocycles. The molecule has 0 aromatic rings. The number of hydrogen-bond donors (Lipinski definition) is 0. The average Bonchev–Trinajstić information content (AvgIpc) is 2.41. The van der Waals surface area contributed by atoms with Crippen LogP contribution in [-0.4, -0.2) is 40.0 Å². The molecular formula is C13H25F3O5S. The molecule has 0 rings (SSSR count). The summed E-state index contributed by atoms with van der Waals surface area (Å²) >= 11 is 0. The van der Waals surface area contributed by atoms with E-state index in [0.717, 1.165) is 25.7 Å². The summed E-state index contributed by atoms with van der Waals surface area (Å²) in [6.07, 6.45) is 3.81. The zero-order valence-electron chi connectivity index (χ0n) is 13.0. The summed E-state index contributed by atoms with van der Waals surface area (Å²) < 4.78 is 72.1. The molecule has 134 valence electrons. The number of halogens is 3. The van der Waals surface area contributed by atoms with Gasteiger partial charge in [0.05, 0.1) is 6.61 Å². The fraction of sp³-hybridized carbons (Fsp3) is 1.00. The Bertz CT molecular complexity index is 370. The molecule has 0 bridgehead atoms. The lowest BCUT2D eigenvalue weighted by Crippen LogP contribution is -2.26. The molecule has 0 radical (unpaired) electrons. The van der Waals surface area contributed by atoms with Gasteiger partial charge in [0.1, 0.15) is 0 Å². The molecule has 9 heteroatoms. The van der Waals surface area contributed by atoms with Gasteiger partial charge in [0.2, 0.25) is 0 Å². The molecule has 0 aromatic carbocycles. The van der Waals surface area contributed by atoms with Gasteiger partial charge in [-0.25, -0.2) is 0 Å². The van der Waals surface area contributed by atoms with Crippen LogP contribution in [0, 0.1) is 0 Å². The Balaban J connectivity index is 3.81. The maximum absolute atomic E-state index is 12.0. The first-order valence-electron chi connectivity index (χ1n) is 7.43. The van der Waals surface area contributed by atoms with Gasteiger partial charge in [-0.15, -0.1) is 0 Å². The van der Waals surface area contributed by atoms with Gasteiger partial charge < -0.3 is 9.47 Å². The molecule has 0 fully saturated rings. The van der Waals surface area contributed by atoms with Crippen molar-refractivity contribution in [2.45, 2.75) is 64.2 Å². The van der Waals surface area contributed by atoms with Crippen molar-refractivity contribution in [3.8, 4) is 0 Å². The van der Waals surface area contributed by atoms with Gasteiger partial charge in [0.15, 0.2) is 6.29 Å². The fourth-order valence-electron chi connectivity index (χ4n) is 1.46. The number of ether oxygens (including phenoxy) is 2. The van der Waals surface area contributed by atoms with Crippen LogP contribution in [0.5, 0.6) is 0 Å². The van der Waals surface area contributed by atoms with Crippen LogP contribution < -0.4 is 0 Å². The summed E-state index contributed by atoms with van der Waals surface area (Å²) in [5.41, 5.74) is -5.37. The summed E-state index contributed by atoms with van der Waals surface area (Å²) in [5.74, 6) is 0. The lowest BCUT2D eigenvalue weighted by Gasteiger charge is -2.18. The van der Waals surface area contributed by atoms with Crippen LogP contribution in [0.1, 0.15) is 52.4 Å². The van der Waals surface area contributed by atoms with Crippen LogP contribution in [0.15, 0.2) is 0 Å². The van der Waals surface area contributed by atoms with Gasteiger partial charge in [0, 0.05) is 13.2 Å². The minimum atomic E-state index is -5.49. The van der Waals surface area contributed by atoms with Crippen molar-refractivity contribution in [3.05, 3.63) is 0 Å². The summed E-state index contributed by atoms with van der Waals surface area (Å²) in [4.78, 5) is 0. The van der Waals surface area contributed by atoms with E-state index in [0.29, 0.717) is 13.0 Å². The van der Waals surface area contributed by atoms with Crippen molar-refractivity contribution in [2.24, 2.45) is 0 Å². The first-order valence-corrected chi connectivity index (χ1v) is 8.84. The lowest BCUT2D eigenvalue weighted by atomic mass is 10.3. The molecule has 0 spiro atoms. The Labute approximate surface area is 130 Å². The van der Waals surface area contributed by atoms with Crippen LogP contribution in [0.4, 0.5) is 13.2 Å². The van der Waals surface area contributed by atoms with Crippen molar-refractivity contribution in [1.82, 2.24) is 0 Å². The van der Waals surface area contributed by atoms with Crippen LogP contribution >= 0.6 is 0 Å². The second kappa shape index (κ2) is 11.2. The molecule has 22 heavy (non-hydrogen) atoms. The maximum atomic E-state index is 12.0. The first kappa shape index (κ1) is 21.6. The number of unbranched alkanes of at least 4 members (excludes halogenated alkanes) is 2. The van der Waals surface area contributed by atoms with Crippen LogP contribution in [0.25, 0.3) is 0 Å². The fourth-order valence-corrected chi connectivity index (χ4v) is 1.93. The highest BCUT2D eigenvalue weighted by Gasteiger charge is 2.47. The van der Waals surface area contributed by atoms with E-state index < -0.39 is 22.2 Å². The number of hydrogen-bond acceptors (Lipinski definition) is 5. The predicted octanol–water partition coefficient (Wildman–Crippen LogP) is 3.59. The lowest BCUT2D eigenvalue weighted by molar-refractivity contribution is -0.147. The summed E-state index contributed by atoms with van der Waals surface area (Å²) in [6, 6.07) is 0. The average molecular weight is 350 g/mol. The monoisotopic (exact) mass is 350 g/mol. The third kappa shape index (κ3) is 9.60. The van der Waals surface area contributed by atoms with Gasteiger partial charge in [0.25, 0.3) is 0 Å². The van der Waals surface area contributed by atoms with E-state index in [1.165, 1.54) is 0 Å². The third-order valence-electron chi connectivity index (χ3n) is 2.69. The van der Waals surface area contributed by atoms with Gasteiger partial charge >= 0.3 is 15.6 Å². The smallest absolute Gasteiger partial charge is 0.353 e. The summed E-state index contributed by atoms with van der Waals surface area (Å²) in [6.45, 7) is 4.42. The standard InChI is InChI=1S/C13H25F3O5S/c1-3-5-9-19-12(8-4-2)20-10-6-7-11-21-22(17,18)13(14,15)16/h12H,3-11H2,1-2H3. The highest BCUT2D eigenvalue weighted by atomic mass is 32.2. The highest BCUT2D eigenvalue weighted by molar-refractivity contribution is 7.87. The molecule has 0 aliphatic carbocycles. The van der Waals surface area contributed by atoms with Crippen molar-refractivity contribution in [1.29, 1.82) is 0 Å². The van der Waals surface area contributed by atoms with E-state index in [-0.39, 0.29) is 19.3 Å². The molecule has 0 aliphatic heterocycles. The molecule has 0 aromatic heterocycles. The second-order valence-corrected chi connectivity index (χ2v) is 6.35. The Kier molecular flexibility index (Phi) is 11.0. The third-order valence-corrected chi connectivity index (χ3v) is 3.73. The molecule has 1 unspecified atom stereocenters. The first-order chi connectivity index (χ1) is 10.2. The summed E-state index contributed by atoms with van der Waals surface area (Å²) in [7, 11) is -5.49. The van der Waals surface area contributed by atoms with Crippen LogP contribution in [-0.2, 0) is 23.8 Å². The zero-order chi connectivity index (χ0) is 17.1. The van der Waals surface area contributed by atoms with Crippen molar-refractivity contribution >= 4 is 10.1 Å². The van der Waals surface area contributed by atoms with Gasteiger partial charge in [-0.2, -0.15) is 21.6 Å². The maximum Gasteiger partial charge on any atom is 0.523 e. The van der Waals surface area contributed by atoms with Gasteiger partial charge in [-0.1, -0.05) is 26.7 Å². The van der Waals surface area contributed by atoms with E-state index in [1.807, 2.05) is 13.8 Å². The molecule has 0 N–H and O–H groups in total. The molecule has 0 amide bonds. The van der Waals surface area contributed by atoms with E-state index in [2.05, 4.69) is 4.18 Å². The van der Waals surface area contributed by atoms with Crippen molar-refractivity contribution in [3.63, 3.8) is 0 Å². The van der Waals surface area contributed by atoms with Crippen LogP contribution in [0.2, 0.25) is 0 Å². The number of rotatable bonds is 13.